The third kappa shape index (κ3) is 3.97. The topological polar surface area (TPSA) is 75.4 Å². The van der Waals surface area contributed by atoms with Gasteiger partial charge in [0.2, 0.25) is 5.91 Å². The van der Waals surface area contributed by atoms with Crippen molar-refractivity contribution in [2.24, 2.45) is 5.92 Å². The molecule has 2 atom stereocenters. The molecule has 2 aliphatic rings. The van der Waals surface area contributed by atoms with Gasteiger partial charge in [-0.3, -0.25) is 9.59 Å². The van der Waals surface area contributed by atoms with Crippen LogP contribution in [0.3, 0.4) is 0 Å². The molecule has 2 heterocycles. The van der Waals surface area contributed by atoms with E-state index in [-0.39, 0.29) is 23.8 Å². The van der Waals surface area contributed by atoms with Gasteiger partial charge in [0.25, 0.3) is 5.91 Å². The van der Waals surface area contributed by atoms with Crippen molar-refractivity contribution in [3.05, 3.63) is 17.5 Å². The molecule has 132 valence electrons. The number of carbonyl (C=O) groups is 2. The molecule has 0 bridgehead atoms. The van der Waals surface area contributed by atoms with Crippen molar-refractivity contribution in [1.29, 1.82) is 0 Å². The highest BCUT2D eigenvalue weighted by Gasteiger charge is 2.32. The van der Waals surface area contributed by atoms with Crippen LogP contribution in [0.15, 0.2) is 10.6 Å². The van der Waals surface area contributed by atoms with Crippen LogP contribution in [0.4, 0.5) is 0 Å². The number of likely N-dealkylation sites (tertiary alicyclic amines) is 1. The molecule has 6 nitrogen and oxygen atoms in total. The number of aromatic nitrogens is 1. The van der Waals surface area contributed by atoms with Crippen LogP contribution in [0.5, 0.6) is 0 Å². The second-order valence-electron chi connectivity index (χ2n) is 7.18. The minimum atomic E-state index is -0.173. The van der Waals surface area contributed by atoms with Gasteiger partial charge in [0.15, 0.2) is 5.69 Å². The van der Waals surface area contributed by atoms with Crippen molar-refractivity contribution in [1.82, 2.24) is 15.4 Å². The van der Waals surface area contributed by atoms with E-state index in [0.29, 0.717) is 31.1 Å². The zero-order valence-electron chi connectivity index (χ0n) is 14.6. The summed E-state index contributed by atoms with van der Waals surface area (Å²) in [6.45, 7) is 5.60. The number of hydrogen-bond acceptors (Lipinski definition) is 4. The van der Waals surface area contributed by atoms with E-state index in [2.05, 4.69) is 24.3 Å². The summed E-state index contributed by atoms with van der Waals surface area (Å²) in [7, 11) is 0. The fourth-order valence-corrected chi connectivity index (χ4v) is 3.27. The predicted octanol–water partition coefficient (Wildman–Crippen LogP) is 2.71. The number of unbranched alkanes of at least 4 members (excludes halogenated alkanes) is 1. The molecule has 1 saturated carbocycles. The molecular weight excluding hydrogens is 306 g/mol. The van der Waals surface area contributed by atoms with Crippen LogP contribution in [0.25, 0.3) is 0 Å². The summed E-state index contributed by atoms with van der Waals surface area (Å²) in [5.41, 5.74) is 0.366. The summed E-state index contributed by atoms with van der Waals surface area (Å²) >= 11 is 0. The number of nitrogens with one attached hydrogen (secondary N) is 1. The SMILES string of the molecule is CCCCC(=O)N1CC[C@H](NC(=O)c2cc(C3CC3)on2)[C@H](C)C1. The molecule has 0 radical (unpaired) electrons. The quantitative estimate of drug-likeness (QED) is 0.868. The molecule has 1 aromatic heterocycles. The van der Waals surface area contributed by atoms with Gasteiger partial charge >= 0.3 is 0 Å². The Bertz CT molecular complexity index is 594. The molecule has 1 aliphatic carbocycles. The van der Waals surface area contributed by atoms with E-state index in [0.717, 1.165) is 37.9 Å². The average molecular weight is 333 g/mol. The monoisotopic (exact) mass is 333 g/mol. The lowest BCUT2D eigenvalue weighted by atomic mass is 9.93. The van der Waals surface area contributed by atoms with Crippen molar-refractivity contribution < 1.29 is 14.1 Å². The third-order valence-corrected chi connectivity index (χ3v) is 5.06. The van der Waals surface area contributed by atoms with E-state index < -0.39 is 0 Å². The van der Waals surface area contributed by atoms with Crippen LogP contribution in [-0.4, -0.2) is 41.0 Å². The van der Waals surface area contributed by atoms with Gasteiger partial charge in [0.05, 0.1) is 0 Å². The van der Waals surface area contributed by atoms with Crippen molar-refractivity contribution >= 4 is 11.8 Å². The lowest BCUT2D eigenvalue weighted by Crippen LogP contribution is -2.51. The Kier molecular flexibility index (Phi) is 5.21. The van der Waals surface area contributed by atoms with Crippen LogP contribution in [0, 0.1) is 5.92 Å². The standard InChI is InChI=1S/C18H27N3O3/c1-3-4-5-17(22)21-9-8-14(12(2)11-21)19-18(23)15-10-16(24-20-15)13-6-7-13/h10,12-14H,3-9,11H2,1-2H3,(H,19,23)/t12-,14+/m1/s1. The minimum Gasteiger partial charge on any atom is -0.360 e. The van der Waals surface area contributed by atoms with Gasteiger partial charge in [0.1, 0.15) is 5.76 Å². The van der Waals surface area contributed by atoms with Crippen LogP contribution in [0.2, 0.25) is 0 Å². The summed E-state index contributed by atoms with van der Waals surface area (Å²) in [5.74, 6) is 1.58. The fourth-order valence-electron chi connectivity index (χ4n) is 3.27. The highest BCUT2D eigenvalue weighted by Crippen LogP contribution is 2.40. The van der Waals surface area contributed by atoms with E-state index in [9.17, 15) is 9.59 Å². The first-order valence-corrected chi connectivity index (χ1v) is 9.13. The Labute approximate surface area is 142 Å². The first kappa shape index (κ1) is 17.0. The van der Waals surface area contributed by atoms with Crippen molar-refractivity contribution in [3.63, 3.8) is 0 Å². The van der Waals surface area contributed by atoms with Gasteiger partial charge < -0.3 is 14.7 Å². The van der Waals surface area contributed by atoms with Gasteiger partial charge in [-0.25, -0.2) is 0 Å². The predicted molar refractivity (Wildman–Crippen MR) is 89.6 cm³/mol. The number of nitrogens with zero attached hydrogens (tertiary/aromatic N) is 2. The molecule has 2 fully saturated rings. The summed E-state index contributed by atoms with van der Waals surface area (Å²) in [6.07, 6.45) is 5.64. The molecule has 0 spiro atoms. The summed E-state index contributed by atoms with van der Waals surface area (Å²) in [6, 6.07) is 1.84. The second-order valence-corrected chi connectivity index (χ2v) is 7.18. The molecule has 0 unspecified atom stereocenters. The van der Waals surface area contributed by atoms with E-state index in [1.807, 2.05) is 4.90 Å². The Morgan fingerprint density at radius 3 is 2.83 bits per heavy atom. The maximum Gasteiger partial charge on any atom is 0.273 e. The number of piperidine rings is 1. The Balaban J connectivity index is 1.50. The normalized spacial score (nSPS) is 24.0. The molecule has 0 aromatic carbocycles. The van der Waals surface area contributed by atoms with Gasteiger partial charge in [-0.05, 0) is 31.6 Å². The van der Waals surface area contributed by atoms with E-state index in [1.165, 1.54) is 0 Å². The molecule has 1 N–H and O–H groups in total. The Morgan fingerprint density at radius 1 is 1.38 bits per heavy atom. The zero-order chi connectivity index (χ0) is 17.1. The number of amides is 2. The summed E-state index contributed by atoms with van der Waals surface area (Å²) in [5, 5.41) is 6.95. The molecule has 24 heavy (non-hydrogen) atoms. The summed E-state index contributed by atoms with van der Waals surface area (Å²) in [4.78, 5) is 26.4. The highest BCUT2D eigenvalue weighted by atomic mass is 16.5. The largest absolute Gasteiger partial charge is 0.360 e. The molecule has 1 saturated heterocycles. The van der Waals surface area contributed by atoms with Crippen molar-refractivity contribution in [2.45, 2.75) is 64.3 Å². The Hall–Kier alpha value is -1.85. The molecular formula is C18H27N3O3. The van der Waals surface area contributed by atoms with Crippen molar-refractivity contribution in [2.75, 3.05) is 13.1 Å². The van der Waals surface area contributed by atoms with Crippen LogP contribution >= 0.6 is 0 Å². The van der Waals surface area contributed by atoms with Crippen LogP contribution in [0.1, 0.15) is 74.5 Å². The number of rotatable bonds is 6. The van der Waals surface area contributed by atoms with E-state index in [4.69, 9.17) is 4.52 Å². The maximum absolute atomic E-state index is 12.4. The van der Waals surface area contributed by atoms with Gasteiger partial charge in [-0.2, -0.15) is 0 Å². The Morgan fingerprint density at radius 2 is 2.17 bits per heavy atom. The van der Waals surface area contributed by atoms with Gasteiger partial charge in [-0.15, -0.1) is 0 Å². The first-order chi connectivity index (χ1) is 11.6. The summed E-state index contributed by atoms with van der Waals surface area (Å²) < 4.78 is 5.25. The average Bonchev–Trinajstić information content (AvgIpc) is 3.31. The number of hydrogen-bond donors (Lipinski definition) is 1. The zero-order valence-corrected chi connectivity index (χ0v) is 14.6. The number of carbonyl (C=O) groups excluding carboxylic acids is 2. The molecule has 1 aliphatic heterocycles. The lowest BCUT2D eigenvalue weighted by molar-refractivity contribution is -0.133. The smallest absolute Gasteiger partial charge is 0.273 e. The molecule has 1 aromatic rings. The first-order valence-electron chi connectivity index (χ1n) is 9.13. The maximum atomic E-state index is 12.4. The van der Waals surface area contributed by atoms with Crippen LogP contribution in [-0.2, 0) is 4.79 Å². The second kappa shape index (κ2) is 7.36. The highest BCUT2D eigenvalue weighted by molar-refractivity contribution is 5.92. The van der Waals surface area contributed by atoms with Gasteiger partial charge in [0, 0.05) is 37.5 Å². The van der Waals surface area contributed by atoms with Crippen molar-refractivity contribution in [3.8, 4) is 0 Å². The van der Waals surface area contributed by atoms with Gasteiger partial charge in [-0.1, -0.05) is 25.4 Å². The fraction of sp³-hybridized carbons (Fsp3) is 0.722. The molecule has 2 amide bonds. The third-order valence-electron chi connectivity index (χ3n) is 5.06. The lowest BCUT2D eigenvalue weighted by Gasteiger charge is -2.37. The molecule has 3 rings (SSSR count). The van der Waals surface area contributed by atoms with Crippen LogP contribution < -0.4 is 5.32 Å². The minimum absolute atomic E-state index is 0.0776. The van der Waals surface area contributed by atoms with E-state index in [1.54, 1.807) is 6.07 Å². The molecule has 6 heteroatoms. The van der Waals surface area contributed by atoms with E-state index >= 15 is 0 Å².